The van der Waals surface area contributed by atoms with Crippen molar-refractivity contribution >= 4 is 21.8 Å². The Morgan fingerprint density at radius 2 is 1.67 bits per heavy atom. The van der Waals surface area contributed by atoms with Crippen LogP contribution in [0, 0.1) is 0 Å². The molecular weight excluding hydrogens is 366 g/mol. The van der Waals surface area contributed by atoms with Gasteiger partial charge in [-0.15, -0.1) is 0 Å². The summed E-state index contributed by atoms with van der Waals surface area (Å²) >= 11 is 0. The summed E-state index contributed by atoms with van der Waals surface area (Å²) in [6.45, 7) is 0. The number of nitrogens with zero attached hydrogens (tertiary/aromatic N) is 2. The van der Waals surface area contributed by atoms with Gasteiger partial charge in [-0.25, -0.2) is 18.2 Å². The molecule has 1 N–H and O–H groups in total. The summed E-state index contributed by atoms with van der Waals surface area (Å²) in [7, 11) is -2.36. The summed E-state index contributed by atoms with van der Waals surface area (Å²) in [6, 6.07) is 13.0. The summed E-state index contributed by atoms with van der Waals surface area (Å²) in [5.41, 5.74) is 3.52. The average Bonchev–Trinajstić information content (AvgIpc) is 2.67. The number of sulfonamides is 1. The lowest BCUT2D eigenvalue weighted by Crippen LogP contribution is -2.15. The van der Waals surface area contributed by atoms with Crippen molar-refractivity contribution in [2.24, 2.45) is 0 Å². The molecule has 0 atom stereocenters. The topological polar surface area (TPSA) is 98.2 Å². The summed E-state index contributed by atoms with van der Waals surface area (Å²) in [5.74, 6) is -0.748. The lowest BCUT2D eigenvalue weighted by atomic mass is 10.0. The molecule has 2 heterocycles. The number of hydrogen-bond donors (Lipinski definition) is 1. The zero-order valence-corrected chi connectivity index (χ0v) is 15.5. The van der Waals surface area contributed by atoms with Crippen molar-refractivity contribution in [3.05, 3.63) is 66.6 Å². The van der Waals surface area contributed by atoms with Crippen molar-refractivity contribution in [1.82, 2.24) is 9.97 Å². The van der Waals surface area contributed by atoms with Crippen LogP contribution in [0.1, 0.15) is 10.4 Å². The predicted molar refractivity (Wildman–Crippen MR) is 103 cm³/mol. The maximum absolute atomic E-state index is 12.0. The molecule has 3 rings (SSSR count). The first-order valence-electron chi connectivity index (χ1n) is 7.94. The number of methoxy groups -OCH3 is 1. The van der Waals surface area contributed by atoms with Gasteiger partial charge in [0.25, 0.3) is 0 Å². The molecule has 1 aromatic carbocycles. The summed E-state index contributed by atoms with van der Waals surface area (Å²) in [4.78, 5) is 20.2. The van der Waals surface area contributed by atoms with Crippen LogP contribution in [0.3, 0.4) is 0 Å². The number of anilines is 1. The quantitative estimate of drug-likeness (QED) is 0.680. The molecule has 2 aromatic heterocycles. The Hall–Kier alpha value is -3.26. The highest BCUT2D eigenvalue weighted by Gasteiger charge is 2.17. The van der Waals surface area contributed by atoms with E-state index in [2.05, 4.69) is 14.7 Å². The molecule has 138 valence electrons. The number of carbonyl (C=O) groups excluding carboxylic acids is 1. The number of hydrogen-bond acceptors (Lipinski definition) is 6. The summed E-state index contributed by atoms with van der Waals surface area (Å²) < 4.78 is 29.9. The fourth-order valence-corrected chi connectivity index (χ4v) is 3.05. The second kappa shape index (κ2) is 7.55. The molecule has 0 bridgehead atoms. The van der Waals surface area contributed by atoms with Crippen LogP contribution < -0.4 is 4.72 Å². The van der Waals surface area contributed by atoms with Gasteiger partial charge in [0, 0.05) is 24.2 Å². The molecule has 3 aromatic rings. The molecule has 0 aliphatic carbocycles. The maximum atomic E-state index is 12.0. The minimum Gasteiger partial charge on any atom is -0.465 e. The molecule has 0 radical (unpaired) electrons. The zero-order chi connectivity index (χ0) is 19.4. The molecular formula is C19H17N3O4S. The van der Waals surface area contributed by atoms with E-state index in [4.69, 9.17) is 4.74 Å². The molecule has 8 heteroatoms. The number of nitrogens with one attached hydrogen (secondary N) is 1. The molecule has 0 fully saturated rings. The van der Waals surface area contributed by atoms with Gasteiger partial charge >= 0.3 is 5.97 Å². The van der Waals surface area contributed by atoms with E-state index in [1.165, 1.54) is 13.3 Å². The number of pyridine rings is 2. The molecule has 0 unspecified atom stereocenters. The van der Waals surface area contributed by atoms with E-state index in [1.54, 1.807) is 18.5 Å². The van der Waals surface area contributed by atoms with E-state index in [0.717, 1.165) is 22.9 Å². The Bertz CT molecular complexity index is 1070. The number of benzene rings is 1. The molecule has 7 nitrogen and oxygen atoms in total. The molecule has 0 aliphatic heterocycles. The first-order chi connectivity index (χ1) is 12.9. The van der Waals surface area contributed by atoms with Crippen molar-refractivity contribution in [1.29, 1.82) is 0 Å². The Balaban J connectivity index is 1.98. The van der Waals surface area contributed by atoms with Crippen molar-refractivity contribution < 1.29 is 17.9 Å². The largest absolute Gasteiger partial charge is 0.465 e. The van der Waals surface area contributed by atoms with E-state index in [1.807, 2.05) is 36.4 Å². The van der Waals surface area contributed by atoms with Gasteiger partial charge in [0.15, 0.2) is 5.82 Å². The minimum atomic E-state index is -3.58. The number of carbonyl (C=O) groups is 1. The van der Waals surface area contributed by atoms with Crippen LogP contribution >= 0.6 is 0 Å². The van der Waals surface area contributed by atoms with Gasteiger partial charge in [-0.2, -0.15) is 0 Å². The van der Waals surface area contributed by atoms with E-state index in [9.17, 15) is 13.2 Å². The summed E-state index contributed by atoms with van der Waals surface area (Å²) in [5, 5.41) is 0. The van der Waals surface area contributed by atoms with Gasteiger partial charge in [0.05, 0.1) is 13.4 Å². The van der Waals surface area contributed by atoms with Gasteiger partial charge in [-0.3, -0.25) is 9.71 Å². The zero-order valence-electron chi connectivity index (χ0n) is 14.7. The van der Waals surface area contributed by atoms with Crippen molar-refractivity contribution in [3.63, 3.8) is 0 Å². The highest BCUT2D eigenvalue weighted by Crippen LogP contribution is 2.27. The van der Waals surface area contributed by atoms with Crippen LogP contribution in [0.5, 0.6) is 0 Å². The monoisotopic (exact) mass is 383 g/mol. The standard InChI is InChI=1S/C19H17N3O4S/c1-26-19(23)17-10-16(12-21-18(17)22-27(2,24)25)14-7-5-13(6-8-14)15-4-3-9-20-11-15/h3-12H,1-2H3,(H,21,22). The Kier molecular flexibility index (Phi) is 5.18. The fourth-order valence-electron chi connectivity index (χ4n) is 2.53. The normalized spacial score (nSPS) is 11.0. The van der Waals surface area contributed by atoms with E-state index < -0.39 is 16.0 Å². The maximum Gasteiger partial charge on any atom is 0.341 e. The first kappa shape index (κ1) is 18.5. The Labute approximate surface area is 157 Å². The van der Waals surface area contributed by atoms with Crippen LogP contribution in [-0.4, -0.2) is 37.7 Å². The van der Waals surface area contributed by atoms with Gasteiger partial charge in [-0.1, -0.05) is 30.3 Å². The predicted octanol–water partition coefficient (Wildman–Crippen LogP) is 2.97. The van der Waals surface area contributed by atoms with Crippen LogP contribution in [0.25, 0.3) is 22.3 Å². The van der Waals surface area contributed by atoms with E-state index in [-0.39, 0.29) is 11.4 Å². The summed E-state index contributed by atoms with van der Waals surface area (Å²) in [6.07, 6.45) is 5.97. The van der Waals surface area contributed by atoms with Crippen molar-refractivity contribution in [2.45, 2.75) is 0 Å². The van der Waals surface area contributed by atoms with Crippen LogP contribution in [0.2, 0.25) is 0 Å². The molecule has 0 aliphatic rings. The molecule has 0 spiro atoms. The molecule has 27 heavy (non-hydrogen) atoms. The number of esters is 1. The van der Waals surface area contributed by atoms with E-state index >= 15 is 0 Å². The smallest absolute Gasteiger partial charge is 0.341 e. The Morgan fingerprint density at radius 1 is 1.00 bits per heavy atom. The van der Waals surface area contributed by atoms with Gasteiger partial charge < -0.3 is 4.74 Å². The van der Waals surface area contributed by atoms with Crippen LogP contribution in [0.4, 0.5) is 5.82 Å². The number of aromatic nitrogens is 2. The van der Waals surface area contributed by atoms with Gasteiger partial charge in [0.1, 0.15) is 5.56 Å². The third-order valence-electron chi connectivity index (χ3n) is 3.79. The SMILES string of the molecule is COC(=O)c1cc(-c2ccc(-c3cccnc3)cc2)cnc1NS(C)(=O)=O. The van der Waals surface area contributed by atoms with Gasteiger partial charge in [-0.05, 0) is 28.8 Å². The van der Waals surface area contributed by atoms with Crippen LogP contribution in [0.15, 0.2) is 61.1 Å². The molecule has 0 amide bonds. The van der Waals surface area contributed by atoms with Crippen molar-refractivity contribution in [2.75, 3.05) is 18.1 Å². The molecule has 0 saturated heterocycles. The van der Waals surface area contributed by atoms with E-state index in [0.29, 0.717) is 5.56 Å². The Morgan fingerprint density at radius 3 is 2.22 bits per heavy atom. The van der Waals surface area contributed by atoms with Crippen molar-refractivity contribution in [3.8, 4) is 22.3 Å². The second-order valence-corrected chi connectivity index (χ2v) is 7.55. The fraction of sp³-hybridized carbons (Fsp3) is 0.105. The lowest BCUT2D eigenvalue weighted by Gasteiger charge is -2.11. The minimum absolute atomic E-state index is 0.0387. The van der Waals surface area contributed by atoms with Crippen LogP contribution in [-0.2, 0) is 14.8 Å². The third kappa shape index (κ3) is 4.48. The highest BCUT2D eigenvalue weighted by molar-refractivity contribution is 7.92. The average molecular weight is 383 g/mol. The van der Waals surface area contributed by atoms with Gasteiger partial charge in [0.2, 0.25) is 10.0 Å². The second-order valence-electron chi connectivity index (χ2n) is 5.81. The number of ether oxygens (including phenoxy) is 1. The third-order valence-corrected chi connectivity index (χ3v) is 4.35. The lowest BCUT2D eigenvalue weighted by molar-refractivity contribution is 0.0601. The molecule has 0 saturated carbocycles. The number of rotatable bonds is 5. The first-order valence-corrected chi connectivity index (χ1v) is 9.83. The highest BCUT2D eigenvalue weighted by atomic mass is 32.2.